The lowest BCUT2D eigenvalue weighted by Crippen LogP contribution is -2.27. The predicted octanol–water partition coefficient (Wildman–Crippen LogP) is 1.93. The molecule has 0 aromatic carbocycles. The normalized spacial score (nSPS) is 25.0. The lowest BCUT2D eigenvalue weighted by molar-refractivity contribution is -0.172. The summed E-state index contributed by atoms with van der Waals surface area (Å²) in [5.74, 6) is -0.465. The molecule has 1 fully saturated rings. The van der Waals surface area contributed by atoms with Gasteiger partial charge in [-0.1, -0.05) is 0 Å². The van der Waals surface area contributed by atoms with Crippen LogP contribution in [0.2, 0.25) is 0 Å². The summed E-state index contributed by atoms with van der Waals surface area (Å²) in [6.45, 7) is 9.68. The van der Waals surface area contributed by atoms with Gasteiger partial charge in [-0.25, -0.2) is 0 Å². The van der Waals surface area contributed by atoms with Gasteiger partial charge in [0.1, 0.15) is 0 Å². The van der Waals surface area contributed by atoms with Gasteiger partial charge in [-0.15, -0.1) is 0 Å². The highest BCUT2D eigenvalue weighted by Gasteiger charge is 2.34. The second-order valence-corrected chi connectivity index (χ2v) is 4.03. The zero-order chi connectivity index (χ0) is 11.3. The van der Waals surface area contributed by atoms with Gasteiger partial charge in [0.25, 0.3) is 0 Å². The fourth-order valence-corrected chi connectivity index (χ4v) is 1.65. The van der Waals surface area contributed by atoms with E-state index >= 15 is 0 Å². The van der Waals surface area contributed by atoms with Crippen molar-refractivity contribution >= 4 is 0 Å². The molecule has 0 aromatic rings. The Balaban J connectivity index is 2.32. The molecule has 0 unspecified atom stereocenters. The van der Waals surface area contributed by atoms with E-state index in [2.05, 4.69) is 0 Å². The highest BCUT2D eigenvalue weighted by atomic mass is 16.7. The van der Waals surface area contributed by atoms with Crippen LogP contribution in [0, 0.1) is 0 Å². The third-order valence-electron chi connectivity index (χ3n) is 2.23. The van der Waals surface area contributed by atoms with Gasteiger partial charge in [0.05, 0.1) is 12.7 Å². The van der Waals surface area contributed by atoms with E-state index in [0.29, 0.717) is 19.8 Å². The summed E-state index contributed by atoms with van der Waals surface area (Å²) < 4.78 is 22.1. The van der Waals surface area contributed by atoms with E-state index in [1.807, 2.05) is 27.7 Å². The van der Waals surface area contributed by atoms with Crippen LogP contribution < -0.4 is 0 Å². The maximum absolute atomic E-state index is 5.69. The summed E-state index contributed by atoms with van der Waals surface area (Å²) in [7, 11) is 0. The molecule has 15 heavy (non-hydrogen) atoms. The Bertz CT molecular complexity index is 175. The van der Waals surface area contributed by atoms with E-state index in [9.17, 15) is 0 Å². The Kier molecular flexibility index (Phi) is 4.99. The molecule has 0 bridgehead atoms. The van der Waals surface area contributed by atoms with E-state index in [1.165, 1.54) is 0 Å². The van der Waals surface area contributed by atoms with E-state index in [4.69, 9.17) is 18.9 Å². The molecular formula is C11H22O4. The van der Waals surface area contributed by atoms with E-state index in [-0.39, 0.29) is 12.4 Å². The average Bonchev–Trinajstić information content (AvgIpc) is 2.46. The quantitative estimate of drug-likeness (QED) is 0.638. The van der Waals surface area contributed by atoms with E-state index < -0.39 is 5.79 Å². The summed E-state index contributed by atoms with van der Waals surface area (Å²) in [6, 6.07) is 0. The van der Waals surface area contributed by atoms with Crippen LogP contribution >= 0.6 is 0 Å². The smallest absolute Gasteiger partial charge is 0.163 e. The Hall–Kier alpha value is -0.160. The monoisotopic (exact) mass is 218 g/mol. The van der Waals surface area contributed by atoms with Gasteiger partial charge in [0.2, 0.25) is 0 Å². The average molecular weight is 218 g/mol. The van der Waals surface area contributed by atoms with Gasteiger partial charge in [0.15, 0.2) is 12.1 Å². The van der Waals surface area contributed by atoms with Crippen molar-refractivity contribution in [2.75, 3.05) is 19.8 Å². The molecule has 0 N–H and O–H groups in total. The standard InChI is InChI=1S/C11H22O4/c1-5-12-10(13-6-2)7-9-8-14-11(3,4)15-9/h9-10H,5-8H2,1-4H3/t9-/m0/s1. The molecule has 1 atom stereocenters. The maximum Gasteiger partial charge on any atom is 0.163 e. The molecule has 1 rings (SSSR count). The minimum absolute atomic E-state index is 0.0723. The summed E-state index contributed by atoms with van der Waals surface area (Å²) in [6.07, 6.45) is 0.621. The van der Waals surface area contributed by atoms with Crippen LogP contribution in [0.25, 0.3) is 0 Å². The van der Waals surface area contributed by atoms with Crippen molar-refractivity contribution in [3.05, 3.63) is 0 Å². The van der Waals surface area contributed by atoms with Crippen LogP contribution in [0.15, 0.2) is 0 Å². The molecule has 0 aliphatic carbocycles. The Morgan fingerprint density at radius 3 is 2.27 bits per heavy atom. The van der Waals surface area contributed by atoms with Gasteiger partial charge in [-0.2, -0.15) is 0 Å². The molecule has 1 aliphatic heterocycles. The van der Waals surface area contributed by atoms with Crippen molar-refractivity contribution in [3.63, 3.8) is 0 Å². The van der Waals surface area contributed by atoms with Crippen molar-refractivity contribution in [3.8, 4) is 0 Å². The molecule has 4 nitrogen and oxygen atoms in total. The molecule has 4 heteroatoms. The number of hydrogen-bond acceptors (Lipinski definition) is 4. The van der Waals surface area contributed by atoms with Crippen LogP contribution in [0.1, 0.15) is 34.1 Å². The lowest BCUT2D eigenvalue weighted by atomic mass is 10.2. The van der Waals surface area contributed by atoms with Crippen LogP contribution in [-0.2, 0) is 18.9 Å². The minimum atomic E-state index is -0.465. The highest BCUT2D eigenvalue weighted by molar-refractivity contribution is 4.72. The van der Waals surface area contributed by atoms with Crippen molar-refractivity contribution < 1.29 is 18.9 Å². The van der Waals surface area contributed by atoms with Gasteiger partial charge in [0, 0.05) is 19.6 Å². The first-order valence-corrected chi connectivity index (χ1v) is 5.62. The molecule has 1 heterocycles. The summed E-state index contributed by atoms with van der Waals surface area (Å²) in [5.41, 5.74) is 0. The van der Waals surface area contributed by atoms with Crippen LogP contribution in [0.5, 0.6) is 0 Å². The van der Waals surface area contributed by atoms with Crippen LogP contribution in [0.4, 0.5) is 0 Å². The van der Waals surface area contributed by atoms with Gasteiger partial charge in [-0.3, -0.25) is 0 Å². The zero-order valence-corrected chi connectivity index (χ0v) is 10.1. The van der Waals surface area contributed by atoms with E-state index in [1.54, 1.807) is 0 Å². The fraction of sp³-hybridized carbons (Fsp3) is 1.00. The second kappa shape index (κ2) is 5.80. The van der Waals surface area contributed by atoms with Crippen LogP contribution in [0.3, 0.4) is 0 Å². The van der Waals surface area contributed by atoms with Crippen molar-refractivity contribution in [2.45, 2.75) is 52.3 Å². The van der Waals surface area contributed by atoms with Gasteiger partial charge < -0.3 is 18.9 Å². The number of hydrogen-bond donors (Lipinski definition) is 0. The molecule has 0 radical (unpaired) electrons. The maximum atomic E-state index is 5.69. The molecule has 90 valence electrons. The van der Waals surface area contributed by atoms with Gasteiger partial charge in [-0.05, 0) is 27.7 Å². The Morgan fingerprint density at radius 2 is 1.87 bits per heavy atom. The second-order valence-electron chi connectivity index (χ2n) is 4.03. The molecule has 0 amide bonds. The molecular weight excluding hydrogens is 196 g/mol. The number of ether oxygens (including phenoxy) is 4. The van der Waals surface area contributed by atoms with Crippen molar-refractivity contribution in [2.24, 2.45) is 0 Å². The highest BCUT2D eigenvalue weighted by Crippen LogP contribution is 2.25. The van der Waals surface area contributed by atoms with Crippen molar-refractivity contribution in [1.29, 1.82) is 0 Å². The first-order valence-electron chi connectivity index (χ1n) is 5.62. The zero-order valence-electron chi connectivity index (χ0n) is 10.1. The Labute approximate surface area is 91.8 Å². The third-order valence-corrected chi connectivity index (χ3v) is 2.23. The molecule has 0 aromatic heterocycles. The minimum Gasteiger partial charge on any atom is -0.353 e. The molecule has 0 spiro atoms. The first-order chi connectivity index (χ1) is 7.07. The topological polar surface area (TPSA) is 36.9 Å². The summed E-state index contributed by atoms with van der Waals surface area (Å²) >= 11 is 0. The SMILES string of the molecule is CCOC(C[C@H]1COC(C)(C)O1)OCC. The van der Waals surface area contributed by atoms with Gasteiger partial charge >= 0.3 is 0 Å². The largest absolute Gasteiger partial charge is 0.353 e. The number of rotatable bonds is 6. The summed E-state index contributed by atoms with van der Waals surface area (Å²) in [4.78, 5) is 0. The first kappa shape index (κ1) is 12.9. The molecule has 1 aliphatic rings. The van der Waals surface area contributed by atoms with Crippen molar-refractivity contribution in [1.82, 2.24) is 0 Å². The summed E-state index contributed by atoms with van der Waals surface area (Å²) in [5, 5.41) is 0. The molecule has 1 saturated heterocycles. The third kappa shape index (κ3) is 4.47. The van der Waals surface area contributed by atoms with E-state index in [0.717, 1.165) is 6.42 Å². The predicted molar refractivity (Wildman–Crippen MR) is 56.6 cm³/mol. The fourth-order valence-electron chi connectivity index (χ4n) is 1.65. The Morgan fingerprint density at radius 1 is 1.27 bits per heavy atom. The molecule has 0 saturated carbocycles. The lowest BCUT2D eigenvalue weighted by Gasteiger charge is -2.21. The van der Waals surface area contributed by atoms with Crippen LogP contribution in [-0.4, -0.2) is 38.0 Å².